The van der Waals surface area contributed by atoms with E-state index in [-0.39, 0.29) is 18.4 Å². The molecule has 0 spiro atoms. The van der Waals surface area contributed by atoms with Gasteiger partial charge < -0.3 is 14.4 Å². The molecule has 0 aliphatic carbocycles. The summed E-state index contributed by atoms with van der Waals surface area (Å²) in [5, 5.41) is 1.44. The molecule has 31 heavy (non-hydrogen) atoms. The first-order chi connectivity index (χ1) is 14.5. The van der Waals surface area contributed by atoms with Crippen LogP contribution in [-0.4, -0.2) is 26.2 Å². The van der Waals surface area contributed by atoms with Crippen LogP contribution in [0.4, 0.5) is 5.69 Å². The molecule has 3 aromatic carbocycles. The molecule has 4 nitrogen and oxygen atoms in total. The fourth-order valence-electron chi connectivity index (χ4n) is 3.01. The largest absolute Gasteiger partial charge is 0.494 e. The Kier molecular flexibility index (Phi) is 9.99. The number of rotatable bonds is 9. The number of carbonyl (C=O) groups is 1. The number of nitrogens with zero attached hydrogens (tertiary/aromatic N) is 1. The van der Waals surface area contributed by atoms with Crippen molar-refractivity contribution in [1.82, 2.24) is 0 Å². The molecule has 0 radical (unpaired) electrons. The number of ether oxygens (including phenoxy) is 2. The molecule has 0 aromatic heterocycles. The van der Waals surface area contributed by atoms with Crippen LogP contribution < -0.4 is 9.64 Å². The Morgan fingerprint density at radius 3 is 2.03 bits per heavy atom. The second kappa shape index (κ2) is 12.5. The van der Waals surface area contributed by atoms with Gasteiger partial charge in [-0.15, -0.1) is 12.4 Å². The van der Waals surface area contributed by atoms with Gasteiger partial charge in [-0.25, -0.2) is 4.79 Å². The van der Waals surface area contributed by atoms with Crippen molar-refractivity contribution in [2.24, 2.45) is 0 Å². The summed E-state index contributed by atoms with van der Waals surface area (Å²) in [6.45, 7) is 2.12. The average Bonchev–Trinajstić information content (AvgIpc) is 2.77. The number of carbonyl (C=O) groups excluding carboxylic acids is 1. The molecule has 0 aliphatic rings. The first-order valence-corrected chi connectivity index (χ1v) is 10.4. The van der Waals surface area contributed by atoms with E-state index in [1.807, 2.05) is 48.5 Å². The SMILES string of the molecule is COC(=O)c1ccc(OCCCN(Cc2ccc(Cl)cc2)c2ccc(Cl)cc2)cc1.Cl. The average molecular weight is 481 g/mol. The number of anilines is 1. The van der Waals surface area contributed by atoms with E-state index in [4.69, 9.17) is 32.7 Å². The molecule has 7 heteroatoms. The lowest BCUT2D eigenvalue weighted by Gasteiger charge is -2.25. The summed E-state index contributed by atoms with van der Waals surface area (Å²) in [4.78, 5) is 13.8. The first-order valence-electron chi connectivity index (χ1n) is 9.61. The third-order valence-corrected chi connectivity index (χ3v) is 5.10. The van der Waals surface area contributed by atoms with Crippen LogP contribution in [0.1, 0.15) is 22.3 Å². The number of esters is 1. The number of methoxy groups -OCH3 is 1. The van der Waals surface area contributed by atoms with Crippen molar-refractivity contribution in [3.05, 3.63) is 94.0 Å². The molecule has 3 rings (SSSR count). The molecular formula is C24H24Cl3NO3. The lowest BCUT2D eigenvalue weighted by atomic mass is 10.2. The predicted octanol–water partition coefficient (Wildman–Crippen LogP) is 6.68. The van der Waals surface area contributed by atoms with Crippen LogP contribution in [0.5, 0.6) is 5.75 Å². The zero-order valence-electron chi connectivity index (χ0n) is 17.1. The van der Waals surface area contributed by atoms with Crippen LogP contribution in [0.3, 0.4) is 0 Å². The quantitative estimate of drug-likeness (QED) is 0.253. The first kappa shape index (κ1) is 24.9. The lowest BCUT2D eigenvalue weighted by Crippen LogP contribution is -2.25. The second-order valence-corrected chi connectivity index (χ2v) is 7.62. The molecule has 0 unspecified atom stereocenters. The molecule has 0 N–H and O–H groups in total. The van der Waals surface area contributed by atoms with E-state index < -0.39 is 0 Å². The minimum atomic E-state index is -0.359. The Morgan fingerprint density at radius 1 is 0.871 bits per heavy atom. The molecule has 164 valence electrons. The molecular weight excluding hydrogens is 457 g/mol. The normalized spacial score (nSPS) is 10.2. The molecule has 0 heterocycles. The molecule has 3 aromatic rings. The van der Waals surface area contributed by atoms with Crippen LogP contribution in [-0.2, 0) is 11.3 Å². The van der Waals surface area contributed by atoms with Crippen molar-refractivity contribution in [3.8, 4) is 5.75 Å². The zero-order chi connectivity index (χ0) is 21.3. The third kappa shape index (κ3) is 7.66. The molecule has 0 aliphatic heterocycles. The van der Waals surface area contributed by atoms with E-state index in [0.717, 1.165) is 36.0 Å². The fraction of sp³-hybridized carbons (Fsp3) is 0.208. The molecule has 0 amide bonds. The van der Waals surface area contributed by atoms with Gasteiger partial charge in [0.05, 0.1) is 19.3 Å². The Hall–Kier alpha value is -2.40. The minimum Gasteiger partial charge on any atom is -0.494 e. The standard InChI is InChI=1S/C24H23Cl2NO3.ClH/c1-29-24(28)19-5-13-23(14-6-19)30-16-2-15-27(22-11-9-21(26)10-12-22)17-18-3-7-20(25)8-4-18;/h3-14H,2,15-17H2,1H3;1H. The molecule has 0 saturated carbocycles. The van der Waals surface area contributed by atoms with E-state index in [2.05, 4.69) is 4.90 Å². The van der Waals surface area contributed by atoms with Gasteiger partial charge in [0, 0.05) is 28.8 Å². The van der Waals surface area contributed by atoms with Crippen LogP contribution >= 0.6 is 35.6 Å². The van der Waals surface area contributed by atoms with Crippen LogP contribution in [0.2, 0.25) is 10.0 Å². The van der Waals surface area contributed by atoms with Crippen molar-refractivity contribution in [2.75, 3.05) is 25.2 Å². The number of benzene rings is 3. The van der Waals surface area contributed by atoms with Crippen molar-refractivity contribution < 1.29 is 14.3 Å². The molecule has 0 atom stereocenters. The number of halogens is 3. The van der Waals surface area contributed by atoms with Gasteiger partial charge in [-0.3, -0.25) is 0 Å². The van der Waals surface area contributed by atoms with Gasteiger partial charge in [0.15, 0.2) is 0 Å². The maximum absolute atomic E-state index is 11.5. The van der Waals surface area contributed by atoms with Crippen molar-refractivity contribution in [2.45, 2.75) is 13.0 Å². The zero-order valence-corrected chi connectivity index (χ0v) is 19.4. The predicted molar refractivity (Wildman–Crippen MR) is 129 cm³/mol. The molecule has 0 bridgehead atoms. The van der Waals surface area contributed by atoms with Crippen molar-refractivity contribution in [1.29, 1.82) is 0 Å². The van der Waals surface area contributed by atoms with Crippen LogP contribution in [0.25, 0.3) is 0 Å². The van der Waals surface area contributed by atoms with E-state index in [1.54, 1.807) is 24.3 Å². The van der Waals surface area contributed by atoms with Gasteiger partial charge in [0.25, 0.3) is 0 Å². The maximum Gasteiger partial charge on any atom is 0.337 e. The van der Waals surface area contributed by atoms with E-state index in [0.29, 0.717) is 17.2 Å². The number of hydrogen-bond donors (Lipinski definition) is 0. The highest BCUT2D eigenvalue weighted by molar-refractivity contribution is 6.30. The topological polar surface area (TPSA) is 38.8 Å². The lowest BCUT2D eigenvalue weighted by molar-refractivity contribution is 0.0600. The van der Waals surface area contributed by atoms with Gasteiger partial charge in [-0.05, 0) is 72.6 Å². The highest BCUT2D eigenvalue weighted by Crippen LogP contribution is 2.21. The summed E-state index contributed by atoms with van der Waals surface area (Å²) in [5.74, 6) is 0.362. The van der Waals surface area contributed by atoms with Crippen LogP contribution in [0.15, 0.2) is 72.8 Å². The van der Waals surface area contributed by atoms with Gasteiger partial charge in [-0.2, -0.15) is 0 Å². The Morgan fingerprint density at radius 2 is 1.45 bits per heavy atom. The maximum atomic E-state index is 11.5. The summed E-state index contributed by atoms with van der Waals surface area (Å²) in [7, 11) is 1.36. The monoisotopic (exact) mass is 479 g/mol. The highest BCUT2D eigenvalue weighted by Gasteiger charge is 2.09. The second-order valence-electron chi connectivity index (χ2n) is 6.74. The Bertz CT molecular complexity index is 945. The molecule has 0 saturated heterocycles. The Balaban J connectivity index is 0.00000341. The van der Waals surface area contributed by atoms with Gasteiger partial charge in [0.2, 0.25) is 0 Å². The van der Waals surface area contributed by atoms with Crippen LogP contribution in [0, 0.1) is 0 Å². The minimum absolute atomic E-state index is 0. The van der Waals surface area contributed by atoms with Gasteiger partial charge in [0.1, 0.15) is 5.75 Å². The summed E-state index contributed by atoms with van der Waals surface area (Å²) in [6.07, 6.45) is 0.828. The van der Waals surface area contributed by atoms with Gasteiger partial charge >= 0.3 is 5.97 Å². The highest BCUT2D eigenvalue weighted by atomic mass is 35.5. The fourth-order valence-corrected chi connectivity index (χ4v) is 3.26. The molecule has 0 fully saturated rings. The summed E-state index contributed by atoms with van der Waals surface area (Å²) in [5.41, 5.74) is 2.77. The Labute approximate surface area is 199 Å². The smallest absolute Gasteiger partial charge is 0.337 e. The van der Waals surface area contributed by atoms with E-state index in [9.17, 15) is 4.79 Å². The van der Waals surface area contributed by atoms with Crippen molar-refractivity contribution >= 4 is 47.3 Å². The van der Waals surface area contributed by atoms with E-state index >= 15 is 0 Å². The summed E-state index contributed by atoms with van der Waals surface area (Å²) >= 11 is 12.1. The number of hydrogen-bond acceptors (Lipinski definition) is 4. The van der Waals surface area contributed by atoms with Gasteiger partial charge in [-0.1, -0.05) is 35.3 Å². The summed E-state index contributed by atoms with van der Waals surface area (Å²) < 4.78 is 10.5. The summed E-state index contributed by atoms with van der Waals surface area (Å²) in [6, 6.07) is 22.6. The van der Waals surface area contributed by atoms with E-state index in [1.165, 1.54) is 12.7 Å². The van der Waals surface area contributed by atoms with Crippen molar-refractivity contribution in [3.63, 3.8) is 0 Å². The third-order valence-electron chi connectivity index (χ3n) is 4.59.